The zero-order chi connectivity index (χ0) is 18.0. The second-order valence-electron chi connectivity index (χ2n) is 6.05. The summed E-state index contributed by atoms with van der Waals surface area (Å²) in [4.78, 5) is 4.33. The van der Waals surface area contributed by atoms with E-state index in [9.17, 15) is 5.11 Å². The first-order valence-corrected chi connectivity index (χ1v) is 8.68. The average Bonchev–Trinajstić information content (AvgIpc) is 2.56. The molecule has 0 amide bonds. The van der Waals surface area contributed by atoms with Crippen LogP contribution in [0.1, 0.15) is 67.1 Å². The Morgan fingerprint density at radius 2 is 1.52 bits per heavy atom. The summed E-state index contributed by atoms with van der Waals surface area (Å²) in [6.07, 6.45) is 1.21. The predicted molar refractivity (Wildman–Crippen MR) is 108 cm³/mol. The quantitative estimate of drug-likeness (QED) is 0.638. The van der Waals surface area contributed by atoms with Crippen molar-refractivity contribution in [3.8, 4) is 0 Å². The van der Waals surface area contributed by atoms with Crippen LogP contribution in [0.5, 0.6) is 0 Å². The molecule has 4 heteroatoms. The molecule has 2 atom stereocenters. The molecule has 0 bridgehead atoms. The van der Waals surface area contributed by atoms with Gasteiger partial charge in [-0.05, 0) is 45.4 Å². The van der Waals surface area contributed by atoms with Gasteiger partial charge < -0.3 is 17.8 Å². The van der Waals surface area contributed by atoms with E-state index in [0.29, 0.717) is 0 Å². The van der Waals surface area contributed by atoms with E-state index in [4.69, 9.17) is 0 Å². The number of aliphatic hydroxyl groups excluding tert-OH is 1. The average molecular weight is 422 g/mol. The van der Waals surface area contributed by atoms with E-state index in [0.717, 1.165) is 16.5 Å². The van der Waals surface area contributed by atoms with Crippen molar-refractivity contribution in [3.05, 3.63) is 49.5 Å². The fourth-order valence-corrected chi connectivity index (χ4v) is 2.41. The van der Waals surface area contributed by atoms with Crippen LogP contribution in [0.3, 0.4) is 0 Å². The van der Waals surface area contributed by atoms with Crippen LogP contribution in [0.25, 0.3) is 10.9 Å². The van der Waals surface area contributed by atoms with E-state index in [1.807, 2.05) is 65.0 Å². The van der Waals surface area contributed by atoms with Crippen molar-refractivity contribution in [2.75, 3.05) is 0 Å². The Morgan fingerprint density at radius 3 is 2.04 bits per heavy atom. The zero-order valence-electron chi connectivity index (χ0n) is 17.6. The van der Waals surface area contributed by atoms with Crippen molar-refractivity contribution in [2.45, 2.75) is 73.1 Å². The van der Waals surface area contributed by atoms with Gasteiger partial charge in [0.25, 0.3) is 0 Å². The minimum atomic E-state index is -0.549. The molecule has 1 heterocycles. The summed E-state index contributed by atoms with van der Waals surface area (Å²) in [6.45, 7) is 16.3. The van der Waals surface area contributed by atoms with Gasteiger partial charge in [-0.15, -0.1) is 0 Å². The van der Waals surface area contributed by atoms with Crippen molar-refractivity contribution in [3.63, 3.8) is 0 Å². The van der Waals surface area contributed by atoms with Crippen LogP contribution in [0.15, 0.2) is 36.5 Å². The number of nitrogens with one attached hydrogen (secondary N) is 1. The van der Waals surface area contributed by atoms with Gasteiger partial charge in [0, 0.05) is 55.9 Å². The molecule has 2 rings (SSSR count). The molecule has 3 nitrogen and oxygen atoms in total. The van der Waals surface area contributed by atoms with E-state index in [2.05, 4.69) is 31.1 Å². The maximum atomic E-state index is 10.6. The van der Waals surface area contributed by atoms with Gasteiger partial charge in [0.15, 0.2) is 0 Å². The number of rotatable bonds is 3. The van der Waals surface area contributed by atoms with Crippen molar-refractivity contribution < 1.29 is 37.8 Å². The summed E-state index contributed by atoms with van der Waals surface area (Å²) in [7, 11) is 0. The predicted octanol–water partition coefficient (Wildman–Crippen LogP) is 5.54. The van der Waals surface area contributed by atoms with Gasteiger partial charge in [-0.25, -0.2) is 0 Å². The van der Waals surface area contributed by atoms with Crippen LogP contribution >= 0.6 is 0 Å². The topological polar surface area (TPSA) is 45.1 Å². The SMILES string of the molecule is CC.CC.CC(NC(C)(C)C)C(O)c1ccnc2ccccc12.[CH3-].[Y]. The van der Waals surface area contributed by atoms with E-state index in [1.54, 1.807) is 6.20 Å². The van der Waals surface area contributed by atoms with Crippen LogP contribution in [-0.4, -0.2) is 21.7 Å². The van der Waals surface area contributed by atoms with Gasteiger partial charge in [-0.3, -0.25) is 4.98 Å². The molecule has 0 fully saturated rings. The molecule has 0 spiro atoms. The molecule has 0 aliphatic carbocycles. The van der Waals surface area contributed by atoms with Gasteiger partial charge in [-0.1, -0.05) is 45.9 Å². The molecule has 1 radical (unpaired) electrons. The van der Waals surface area contributed by atoms with Gasteiger partial charge in [0.05, 0.1) is 11.6 Å². The Labute approximate surface area is 180 Å². The third-order valence-corrected chi connectivity index (χ3v) is 3.14. The van der Waals surface area contributed by atoms with Gasteiger partial charge in [0.2, 0.25) is 0 Å². The van der Waals surface area contributed by atoms with Crippen molar-refractivity contribution in [1.29, 1.82) is 0 Å². The largest absolute Gasteiger partial charge is 0.387 e. The fraction of sp³-hybridized carbons (Fsp3) is 0.524. The van der Waals surface area contributed by atoms with E-state index < -0.39 is 6.10 Å². The van der Waals surface area contributed by atoms with Crippen molar-refractivity contribution in [1.82, 2.24) is 10.3 Å². The number of hydrogen-bond donors (Lipinski definition) is 2. The van der Waals surface area contributed by atoms with Crippen molar-refractivity contribution >= 4 is 10.9 Å². The van der Waals surface area contributed by atoms with Crippen LogP contribution in [0.2, 0.25) is 0 Å². The standard InChI is InChI=1S/C16H22N2O.2C2H6.CH3.Y/c1-11(18-16(2,3)4)15(19)13-9-10-17-14-8-6-5-7-12(13)14;2*1-2;;/h5-11,15,18-19H,1-4H3;2*1-2H3;1H3;/q;;;-1;. The van der Waals surface area contributed by atoms with Gasteiger partial charge in [0.1, 0.15) is 0 Å². The Balaban J connectivity index is -0.000000752. The molecule has 0 saturated carbocycles. The number of pyridine rings is 1. The van der Waals surface area contributed by atoms with E-state index >= 15 is 0 Å². The summed E-state index contributed by atoms with van der Waals surface area (Å²) in [5, 5.41) is 15.0. The Morgan fingerprint density at radius 1 is 1.00 bits per heavy atom. The molecule has 25 heavy (non-hydrogen) atoms. The number of aliphatic hydroxyl groups is 1. The van der Waals surface area contributed by atoms with Crippen LogP contribution < -0.4 is 5.32 Å². The fourth-order valence-electron chi connectivity index (χ4n) is 2.41. The van der Waals surface area contributed by atoms with Crippen molar-refractivity contribution in [2.24, 2.45) is 0 Å². The number of fused-ring (bicyclic) bond motifs is 1. The summed E-state index contributed by atoms with van der Waals surface area (Å²) in [6, 6.07) is 9.78. The molecule has 1 aromatic heterocycles. The summed E-state index contributed by atoms with van der Waals surface area (Å²) in [5.74, 6) is 0. The monoisotopic (exact) mass is 422 g/mol. The summed E-state index contributed by atoms with van der Waals surface area (Å²) < 4.78 is 0. The summed E-state index contributed by atoms with van der Waals surface area (Å²) >= 11 is 0. The Hall–Kier alpha value is -0.346. The maximum Gasteiger partial charge on any atom is 0.0947 e. The smallest absolute Gasteiger partial charge is 0.0947 e. The first-order valence-electron chi connectivity index (χ1n) is 8.68. The van der Waals surface area contributed by atoms with Crippen LogP contribution in [0, 0.1) is 7.43 Å². The molecule has 2 aromatic rings. The molecule has 141 valence electrons. The Bertz CT molecular complexity index is 562. The molecule has 0 aliphatic rings. The van der Waals surface area contributed by atoms with Gasteiger partial charge in [-0.2, -0.15) is 0 Å². The molecule has 2 N–H and O–H groups in total. The molecule has 1 aromatic carbocycles. The first-order chi connectivity index (χ1) is 10.9. The van der Waals surface area contributed by atoms with E-state index in [-0.39, 0.29) is 51.7 Å². The summed E-state index contributed by atoms with van der Waals surface area (Å²) in [5.41, 5.74) is 1.82. The first kappa shape index (κ1) is 29.4. The van der Waals surface area contributed by atoms with Crippen LogP contribution in [0.4, 0.5) is 0 Å². The van der Waals surface area contributed by atoms with E-state index in [1.165, 1.54) is 0 Å². The second kappa shape index (κ2) is 14.8. The zero-order valence-corrected chi connectivity index (χ0v) is 20.4. The second-order valence-corrected chi connectivity index (χ2v) is 6.05. The maximum absolute atomic E-state index is 10.6. The third-order valence-electron chi connectivity index (χ3n) is 3.14. The molecular formula is C21H37N2OY-. The number of para-hydroxylation sites is 1. The molecule has 2 unspecified atom stereocenters. The van der Waals surface area contributed by atoms with Gasteiger partial charge >= 0.3 is 0 Å². The molecular weight excluding hydrogens is 385 g/mol. The normalized spacial score (nSPS) is 12.2. The minimum Gasteiger partial charge on any atom is -0.387 e. The number of nitrogens with zero attached hydrogens (tertiary/aromatic N) is 1. The van der Waals surface area contributed by atoms with Crippen LogP contribution in [-0.2, 0) is 32.7 Å². The molecule has 0 aliphatic heterocycles. The number of hydrogen-bond acceptors (Lipinski definition) is 3. The number of aromatic nitrogens is 1. The minimum absolute atomic E-state index is 0. The Kier molecular flexibility index (Phi) is 17.4. The molecule has 0 saturated heterocycles. The number of benzene rings is 1. The third kappa shape index (κ3) is 9.79.